The first-order valence-corrected chi connectivity index (χ1v) is 7.70. The number of nitrogens with zero attached hydrogens (tertiary/aromatic N) is 1. The van der Waals surface area contributed by atoms with Crippen LogP contribution in [0.2, 0.25) is 0 Å². The molecule has 0 aromatic carbocycles. The molecule has 0 unspecified atom stereocenters. The van der Waals surface area contributed by atoms with E-state index >= 15 is 0 Å². The molecule has 0 aliphatic heterocycles. The second-order valence-corrected chi connectivity index (χ2v) is 5.00. The number of hydrogen-bond acceptors (Lipinski definition) is 3. The van der Waals surface area contributed by atoms with Gasteiger partial charge in [0.25, 0.3) is 5.91 Å². The largest absolute Gasteiger partial charge is 0.370 e. The lowest BCUT2D eigenvalue weighted by Gasteiger charge is -2.15. The summed E-state index contributed by atoms with van der Waals surface area (Å²) in [4.78, 5) is 16.8. The highest BCUT2D eigenvalue weighted by Gasteiger charge is 2.13. The summed E-state index contributed by atoms with van der Waals surface area (Å²) in [5.74, 6) is 0.783. The molecule has 2 N–H and O–H groups in total. The fourth-order valence-corrected chi connectivity index (χ4v) is 2.14. The van der Waals surface area contributed by atoms with Crippen LogP contribution in [0.15, 0.2) is 12.1 Å². The highest BCUT2D eigenvalue weighted by atomic mass is 16.1. The van der Waals surface area contributed by atoms with Crippen LogP contribution in [0, 0.1) is 0 Å². The SMILES string of the molecule is CCCc1cc(C(=O)NC(CC)CC)cc(NCC)n1. The summed E-state index contributed by atoms with van der Waals surface area (Å²) < 4.78 is 0. The lowest BCUT2D eigenvalue weighted by Crippen LogP contribution is -2.34. The normalized spacial score (nSPS) is 10.7. The summed E-state index contributed by atoms with van der Waals surface area (Å²) in [5.41, 5.74) is 1.67. The maximum Gasteiger partial charge on any atom is 0.251 e. The summed E-state index contributed by atoms with van der Waals surface area (Å²) in [5, 5.41) is 6.27. The van der Waals surface area contributed by atoms with Crippen LogP contribution in [0.4, 0.5) is 5.82 Å². The van der Waals surface area contributed by atoms with Gasteiger partial charge < -0.3 is 10.6 Å². The van der Waals surface area contributed by atoms with Crippen LogP contribution >= 0.6 is 0 Å². The Morgan fingerprint density at radius 2 is 1.90 bits per heavy atom. The number of hydrogen-bond donors (Lipinski definition) is 2. The number of nitrogens with one attached hydrogen (secondary N) is 2. The first-order chi connectivity index (χ1) is 9.64. The molecular weight excluding hydrogens is 250 g/mol. The van der Waals surface area contributed by atoms with Crippen molar-refractivity contribution in [1.29, 1.82) is 0 Å². The van der Waals surface area contributed by atoms with E-state index in [1.54, 1.807) is 0 Å². The molecule has 1 heterocycles. The van der Waals surface area contributed by atoms with Gasteiger partial charge in [-0.05, 0) is 38.3 Å². The number of anilines is 1. The molecule has 0 spiro atoms. The standard InChI is InChI=1S/C16H27N3O/c1-5-9-14-10-12(11-15(18-14)17-8-4)16(20)19-13(6-2)7-3/h10-11,13H,5-9H2,1-4H3,(H,17,18)(H,19,20). The van der Waals surface area contributed by atoms with Crippen molar-refractivity contribution in [2.24, 2.45) is 0 Å². The Labute approximate surface area is 122 Å². The van der Waals surface area contributed by atoms with Gasteiger partial charge in [-0.1, -0.05) is 27.2 Å². The van der Waals surface area contributed by atoms with Crippen LogP contribution in [0.5, 0.6) is 0 Å². The number of aryl methyl sites for hydroxylation is 1. The molecule has 1 aromatic rings. The average Bonchev–Trinajstić information content (AvgIpc) is 2.45. The third-order valence-electron chi connectivity index (χ3n) is 3.33. The van der Waals surface area contributed by atoms with E-state index < -0.39 is 0 Å². The van der Waals surface area contributed by atoms with E-state index in [0.717, 1.165) is 43.7 Å². The van der Waals surface area contributed by atoms with Crippen molar-refractivity contribution in [1.82, 2.24) is 10.3 Å². The van der Waals surface area contributed by atoms with Crippen molar-refractivity contribution in [3.05, 3.63) is 23.4 Å². The quantitative estimate of drug-likeness (QED) is 0.766. The van der Waals surface area contributed by atoms with E-state index in [1.165, 1.54) is 0 Å². The van der Waals surface area contributed by atoms with Crippen LogP contribution in [0.3, 0.4) is 0 Å². The fraction of sp³-hybridized carbons (Fsp3) is 0.625. The van der Waals surface area contributed by atoms with Gasteiger partial charge >= 0.3 is 0 Å². The zero-order chi connectivity index (χ0) is 15.0. The summed E-state index contributed by atoms with van der Waals surface area (Å²) in [6.07, 6.45) is 3.82. The minimum Gasteiger partial charge on any atom is -0.370 e. The smallest absolute Gasteiger partial charge is 0.251 e. The molecule has 0 saturated carbocycles. The summed E-state index contributed by atoms with van der Waals surface area (Å²) >= 11 is 0. The van der Waals surface area contributed by atoms with Crippen LogP contribution in [-0.4, -0.2) is 23.5 Å². The molecule has 0 saturated heterocycles. The summed E-state index contributed by atoms with van der Waals surface area (Å²) in [6.45, 7) is 9.13. The Hall–Kier alpha value is -1.58. The molecular formula is C16H27N3O. The first kappa shape index (κ1) is 16.5. The number of carbonyl (C=O) groups excluding carboxylic acids is 1. The molecule has 1 amide bonds. The van der Waals surface area contributed by atoms with Crippen molar-refractivity contribution in [3.63, 3.8) is 0 Å². The summed E-state index contributed by atoms with van der Waals surface area (Å²) in [7, 11) is 0. The minimum absolute atomic E-state index is 0.00222. The van der Waals surface area contributed by atoms with E-state index in [9.17, 15) is 4.79 Å². The van der Waals surface area contributed by atoms with Gasteiger partial charge in [0.15, 0.2) is 0 Å². The minimum atomic E-state index is -0.00222. The van der Waals surface area contributed by atoms with E-state index in [-0.39, 0.29) is 11.9 Å². The Morgan fingerprint density at radius 1 is 1.20 bits per heavy atom. The Kier molecular flexibility index (Phi) is 7.05. The predicted molar refractivity (Wildman–Crippen MR) is 84.2 cm³/mol. The van der Waals surface area contributed by atoms with Crippen molar-refractivity contribution < 1.29 is 4.79 Å². The van der Waals surface area contributed by atoms with Crippen molar-refractivity contribution >= 4 is 11.7 Å². The van der Waals surface area contributed by atoms with E-state index in [2.05, 4.69) is 36.4 Å². The molecule has 0 aliphatic carbocycles. The van der Waals surface area contributed by atoms with Gasteiger partial charge in [-0.3, -0.25) is 4.79 Å². The molecule has 1 rings (SSSR count). The van der Waals surface area contributed by atoms with E-state index in [4.69, 9.17) is 0 Å². The maximum atomic E-state index is 12.3. The third kappa shape index (κ3) is 4.83. The number of rotatable bonds is 8. The molecule has 1 aromatic heterocycles. The molecule has 0 bridgehead atoms. The molecule has 4 nitrogen and oxygen atoms in total. The third-order valence-corrected chi connectivity index (χ3v) is 3.33. The fourth-order valence-electron chi connectivity index (χ4n) is 2.14. The molecule has 112 valence electrons. The Morgan fingerprint density at radius 3 is 2.45 bits per heavy atom. The van der Waals surface area contributed by atoms with Crippen molar-refractivity contribution in [2.75, 3.05) is 11.9 Å². The first-order valence-electron chi connectivity index (χ1n) is 7.70. The zero-order valence-electron chi connectivity index (χ0n) is 13.1. The van der Waals surface area contributed by atoms with Gasteiger partial charge in [0, 0.05) is 23.8 Å². The average molecular weight is 277 g/mol. The highest BCUT2D eigenvalue weighted by Crippen LogP contribution is 2.13. The second kappa shape index (κ2) is 8.56. The lowest BCUT2D eigenvalue weighted by atomic mass is 10.1. The van der Waals surface area contributed by atoms with Crippen LogP contribution in [0.25, 0.3) is 0 Å². The van der Waals surface area contributed by atoms with E-state index in [0.29, 0.717) is 5.56 Å². The number of aromatic nitrogens is 1. The molecule has 0 radical (unpaired) electrons. The predicted octanol–water partition coefficient (Wildman–Crippen LogP) is 3.38. The van der Waals surface area contributed by atoms with E-state index in [1.807, 2.05) is 19.1 Å². The zero-order valence-corrected chi connectivity index (χ0v) is 13.1. The van der Waals surface area contributed by atoms with Gasteiger partial charge in [0.2, 0.25) is 0 Å². The van der Waals surface area contributed by atoms with Gasteiger partial charge in [-0.2, -0.15) is 0 Å². The highest BCUT2D eigenvalue weighted by molar-refractivity contribution is 5.95. The van der Waals surface area contributed by atoms with Crippen molar-refractivity contribution in [3.8, 4) is 0 Å². The van der Waals surface area contributed by atoms with Gasteiger partial charge in [-0.15, -0.1) is 0 Å². The molecule has 4 heteroatoms. The number of pyridine rings is 1. The number of carbonyl (C=O) groups is 1. The second-order valence-electron chi connectivity index (χ2n) is 5.00. The van der Waals surface area contributed by atoms with Crippen LogP contribution < -0.4 is 10.6 Å². The molecule has 20 heavy (non-hydrogen) atoms. The van der Waals surface area contributed by atoms with Crippen LogP contribution in [-0.2, 0) is 6.42 Å². The monoisotopic (exact) mass is 277 g/mol. The van der Waals surface area contributed by atoms with Crippen molar-refractivity contribution in [2.45, 2.75) is 59.4 Å². The maximum absolute atomic E-state index is 12.3. The Balaban J connectivity index is 2.93. The van der Waals surface area contributed by atoms with Gasteiger partial charge in [0.05, 0.1) is 0 Å². The number of amides is 1. The van der Waals surface area contributed by atoms with Gasteiger partial charge in [-0.25, -0.2) is 4.98 Å². The molecule has 0 atom stereocenters. The molecule has 0 fully saturated rings. The van der Waals surface area contributed by atoms with Gasteiger partial charge in [0.1, 0.15) is 5.82 Å². The lowest BCUT2D eigenvalue weighted by molar-refractivity contribution is 0.0934. The molecule has 0 aliphatic rings. The Bertz CT molecular complexity index is 403. The topological polar surface area (TPSA) is 54.0 Å². The van der Waals surface area contributed by atoms with Crippen LogP contribution in [0.1, 0.15) is 63.0 Å². The summed E-state index contributed by atoms with van der Waals surface area (Å²) in [6, 6.07) is 3.98.